The summed E-state index contributed by atoms with van der Waals surface area (Å²) in [4.78, 5) is 22.9. The maximum Gasteiger partial charge on any atom is 0.312 e. The van der Waals surface area contributed by atoms with Gasteiger partial charge in [-0.1, -0.05) is 18.2 Å². The average Bonchev–Trinajstić information content (AvgIpc) is 3.08. The van der Waals surface area contributed by atoms with E-state index < -0.39 is 10.8 Å². The van der Waals surface area contributed by atoms with Crippen LogP contribution in [0.1, 0.15) is 22.6 Å². The highest BCUT2D eigenvalue weighted by molar-refractivity contribution is 5.89. The third kappa shape index (κ3) is 3.90. The Morgan fingerprint density at radius 3 is 2.57 bits per heavy atom. The lowest BCUT2D eigenvalue weighted by molar-refractivity contribution is -0.386. The van der Waals surface area contributed by atoms with Gasteiger partial charge >= 0.3 is 5.69 Å². The van der Waals surface area contributed by atoms with Crippen LogP contribution in [-0.2, 0) is 17.9 Å². The second-order valence-electron chi connectivity index (χ2n) is 6.40. The van der Waals surface area contributed by atoms with Gasteiger partial charge in [0.15, 0.2) is 5.82 Å². The van der Waals surface area contributed by atoms with Crippen molar-refractivity contribution >= 4 is 17.4 Å². The van der Waals surface area contributed by atoms with Crippen molar-refractivity contribution in [2.45, 2.75) is 33.9 Å². The van der Waals surface area contributed by atoms with Crippen LogP contribution in [0.3, 0.4) is 0 Å². The van der Waals surface area contributed by atoms with Gasteiger partial charge in [-0.3, -0.25) is 24.3 Å². The number of amides is 1. The number of anilines is 1. The van der Waals surface area contributed by atoms with Crippen LogP contribution >= 0.6 is 0 Å². The molecule has 9 nitrogen and oxygen atoms in total. The van der Waals surface area contributed by atoms with Crippen LogP contribution in [0.4, 0.5) is 15.9 Å². The molecule has 2 aromatic heterocycles. The van der Waals surface area contributed by atoms with Gasteiger partial charge in [-0.2, -0.15) is 10.2 Å². The molecule has 28 heavy (non-hydrogen) atoms. The molecule has 0 aliphatic carbocycles. The quantitative estimate of drug-likeness (QED) is 0.518. The number of nitrogens with zero attached hydrogens (tertiary/aromatic N) is 5. The fourth-order valence-corrected chi connectivity index (χ4v) is 2.94. The van der Waals surface area contributed by atoms with Crippen molar-refractivity contribution in [3.8, 4) is 0 Å². The van der Waals surface area contributed by atoms with Crippen LogP contribution in [0.2, 0.25) is 0 Å². The summed E-state index contributed by atoms with van der Waals surface area (Å²) in [7, 11) is 0. The molecular weight excluding hydrogens is 367 g/mol. The predicted octanol–water partition coefficient (Wildman–Crippen LogP) is 2.74. The minimum Gasteiger partial charge on any atom is -0.308 e. The Labute approximate surface area is 159 Å². The molecule has 0 radical (unpaired) electrons. The van der Waals surface area contributed by atoms with E-state index in [9.17, 15) is 19.3 Å². The van der Waals surface area contributed by atoms with Gasteiger partial charge in [-0.15, -0.1) is 0 Å². The lowest BCUT2D eigenvalue weighted by Crippen LogP contribution is -2.20. The summed E-state index contributed by atoms with van der Waals surface area (Å²) < 4.78 is 16.7. The lowest BCUT2D eigenvalue weighted by Gasteiger charge is -2.06. The Morgan fingerprint density at radius 2 is 1.93 bits per heavy atom. The first-order valence-corrected chi connectivity index (χ1v) is 8.52. The molecule has 0 aliphatic rings. The van der Waals surface area contributed by atoms with Crippen LogP contribution < -0.4 is 5.32 Å². The van der Waals surface area contributed by atoms with Gasteiger partial charge < -0.3 is 5.32 Å². The number of aryl methyl sites for hydroxylation is 2. The first-order chi connectivity index (χ1) is 13.3. The molecule has 146 valence electrons. The topological polar surface area (TPSA) is 108 Å². The second-order valence-corrected chi connectivity index (χ2v) is 6.40. The first kappa shape index (κ1) is 19.2. The van der Waals surface area contributed by atoms with E-state index in [4.69, 9.17) is 0 Å². The van der Waals surface area contributed by atoms with Gasteiger partial charge in [-0.05, 0) is 26.8 Å². The molecule has 0 fully saturated rings. The standard InChI is InChI=1S/C18H19FN6O3/c1-11-8-16(22-23(11)9-14-6-4-5-7-15(14)19)20-17(26)10-24-13(3)18(25(27)28)12(2)21-24/h4-8H,9-10H2,1-3H3,(H,20,22,26). The molecule has 0 saturated heterocycles. The lowest BCUT2D eigenvalue weighted by atomic mass is 10.2. The van der Waals surface area contributed by atoms with Gasteiger partial charge in [0.2, 0.25) is 5.91 Å². The smallest absolute Gasteiger partial charge is 0.308 e. The minimum atomic E-state index is -0.514. The van der Waals surface area contributed by atoms with E-state index in [2.05, 4.69) is 15.5 Å². The molecule has 10 heteroatoms. The second kappa shape index (κ2) is 7.59. The molecule has 1 amide bonds. The van der Waals surface area contributed by atoms with Gasteiger partial charge in [0.05, 0.1) is 11.5 Å². The minimum absolute atomic E-state index is 0.0992. The van der Waals surface area contributed by atoms with Crippen molar-refractivity contribution in [1.29, 1.82) is 0 Å². The zero-order valence-electron chi connectivity index (χ0n) is 15.6. The summed E-state index contributed by atoms with van der Waals surface area (Å²) in [6, 6.07) is 8.08. The Balaban J connectivity index is 1.71. The van der Waals surface area contributed by atoms with E-state index in [0.29, 0.717) is 17.1 Å². The highest BCUT2D eigenvalue weighted by Crippen LogP contribution is 2.21. The number of nitro groups is 1. The highest BCUT2D eigenvalue weighted by Gasteiger charge is 2.23. The normalized spacial score (nSPS) is 10.9. The van der Waals surface area contributed by atoms with Crippen molar-refractivity contribution in [1.82, 2.24) is 19.6 Å². The maximum absolute atomic E-state index is 13.8. The molecule has 0 aliphatic heterocycles. The number of carbonyl (C=O) groups excluding carboxylic acids is 1. The van der Waals surface area contributed by atoms with Crippen molar-refractivity contribution in [3.05, 3.63) is 68.9 Å². The largest absolute Gasteiger partial charge is 0.312 e. The van der Waals surface area contributed by atoms with E-state index in [-0.39, 0.29) is 30.3 Å². The Bertz CT molecular complexity index is 1060. The monoisotopic (exact) mass is 386 g/mol. The van der Waals surface area contributed by atoms with Crippen LogP contribution in [0.25, 0.3) is 0 Å². The fourth-order valence-electron chi connectivity index (χ4n) is 2.94. The molecule has 1 aromatic carbocycles. The first-order valence-electron chi connectivity index (χ1n) is 8.52. The number of carbonyl (C=O) groups is 1. The maximum atomic E-state index is 13.8. The van der Waals surface area contributed by atoms with Crippen LogP contribution in [0, 0.1) is 36.7 Å². The number of rotatable bonds is 6. The summed E-state index contributed by atoms with van der Waals surface area (Å²) in [5.74, 6) is -0.431. The summed E-state index contributed by atoms with van der Waals surface area (Å²) in [5.41, 5.74) is 1.69. The Hall–Kier alpha value is -3.56. The average molecular weight is 386 g/mol. The number of halogens is 1. The van der Waals surface area contributed by atoms with Crippen molar-refractivity contribution in [2.24, 2.45) is 0 Å². The summed E-state index contributed by atoms with van der Waals surface area (Å²) >= 11 is 0. The molecule has 2 heterocycles. The van der Waals surface area contributed by atoms with Crippen LogP contribution in [-0.4, -0.2) is 30.4 Å². The molecule has 0 atom stereocenters. The molecule has 3 rings (SSSR count). The number of nitrogens with one attached hydrogen (secondary N) is 1. The molecule has 1 N–H and O–H groups in total. The molecule has 0 saturated carbocycles. The molecule has 3 aromatic rings. The van der Waals surface area contributed by atoms with Gasteiger partial charge in [0.1, 0.15) is 23.7 Å². The Morgan fingerprint density at radius 1 is 1.21 bits per heavy atom. The van der Waals surface area contributed by atoms with Crippen molar-refractivity contribution in [3.63, 3.8) is 0 Å². The summed E-state index contributed by atoms with van der Waals surface area (Å²) in [6.07, 6.45) is 0. The predicted molar refractivity (Wildman–Crippen MR) is 99.5 cm³/mol. The number of hydrogen-bond donors (Lipinski definition) is 1. The van der Waals surface area contributed by atoms with Crippen LogP contribution in [0.15, 0.2) is 30.3 Å². The van der Waals surface area contributed by atoms with Gasteiger partial charge in [0.25, 0.3) is 0 Å². The summed E-state index contributed by atoms with van der Waals surface area (Å²) in [6.45, 7) is 4.91. The van der Waals surface area contributed by atoms with Crippen molar-refractivity contribution < 1.29 is 14.1 Å². The van der Waals surface area contributed by atoms with E-state index in [1.54, 1.807) is 42.8 Å². The van der Waals surface area contributed by atoms with E-state index >= 15 is 0 Å². The van der Waals surface area contributed by atoms with E-state index in [0.717, 1.165) is 5.69 Å². The molecule has 0 bridgehead atoms. The van der Waals surface area contributed by atoms with Gasteiger partial charge in [0, 0.05) is 17.3 Å². The third-order valence-corrected chi connectivity index (χ3v) is 4.35. The van der Waals surface area contributed by atoms with Crippen LogP contribution in [0.5, 0.6) is 0 Å². The zero-order valence-corrected chi connectivity index (χ0v) is 15.6. The van der Waals surface area contributed by atoms with E-state index in [1.807, 2.05) is 0 Å². The molecule has 0 spiro atoms. The zero-order chi connectivity index (χ0) is 20.4. The molecular formula is C18H19FN6O3. The summed E-state index contributed by atoms with van der Waals surface area (Å²) in [5, 5.41) is 22.0. The molecule has 0 unspecified atom stereocenters. The van der Waals surface area contributed by atoms with E-state index in [1.165, 1.54) is 17.7 Å². The van der Waals surface area contributed by atoms with Crippen molar-refractivity contribution in [2.75, 3.05) is 5.32 Å². The van der Waals surface area contributed by atoms with Gasteiger partial charge in [-0.25, -0.2) is 4.39 Å². The SMILES string of the molecule is Cc1nn(CC(=O)Nc2cc(C)n(Cc3ccccc3F)n2)c(C)c1[N+](=O)[O-]. The Kier molecular flexibility index (Phi) is 5.21. The highest BCUT2D eigenvalue weighted by atomic mass is 19.1. The third-order valence-electron chi connectivity index (χ3n) is 4.35. The fraction of sp³-hybridized carbons (Fsp3) is 0.278. The number of hydrogen-bond acceptors (Lipinski definition) is 5. The number of benzene rings is 1. The number of aromatic nitrogens is 4.